The van der Waals surface area contributed by atoms with E-state index < -0.39 is 0 Å². The number of carbonyl (C=O) groups excluding carboxylic acids is 2. The zero-order valence-corrected chi connectivity index (χ0v) is 27.2. The first kappa shape index (κ1) is 38.9. The molecule has 0 aliphatic rings. The molecule has 0 spiro atoms. The van der Waals surface area contributed by atoms with Gasteiger partial charge < -0.3 is 47.8 Å². The van der Waals surface area contributed by atoms with Gasteiger partial charge in [-0.2, -0.15) is 0 Å². The van der Waals surface area contributed by atoms with Crippen LogP contribution in [0, 0.1) is 10.8 Å². The molecule has 0 aromatic heterocycles. The molecule has 2 amide bonds. The third kappa shape index (κ3) is 18.5. The highest BCUT2D eigenvalue weighted by atomic mass is 16.5. The molecular formula is C30H55N9O5. The number of nitrogens with two attached hydrogens (primary N) is 4. The topological polar surface area (TPSA) is 218 Å². The third-order valence-electron chi connectivity index (χ3n) is 6.18. The Labute approximate surface area is 262 Å². The first-order valence-corrected chi connectivity index (χ1v) is 14.9. The van der Waals surface area contributed by atoms with Crippen LogP contribution in [-0.2, 0) is 30.3 Å². The molecular weight excluding hydrogens is 566 g/mol. The molecule has 0 atom stereocenters. The zero-order valence-electron chi connectivity index (χ0n) is 27.2. The van der Waals surface area contributed by atoms with Gasteiger partial charge in [0.05, 0.1) is 52.7 Å². The number of rotatable bonds is 23. The summed E-state index contributed by atoms with van der Waals surface area (Å²) in [5, 5.41) is 13.4. The number of carbonyl (C=O) groups is 2. The third-order valence-corrected chi connectivity index (χ3v) is 6.18. The predicted octanol–water partition coefficient (Wildman–Crippen LogP) is -0.262. The molecule has 250 valence electrons. The molecule has 44 heavy (non-hydrogen) atoms. The standard InChI is InChI=1S/C30H55N9O5/c1-23(33)37-38-28(34)25-8-6-24(7-9-25)16-36-27(41)18-39(20-30(4,5)22-44-21-29(2,3)19-32)17-26(40)35-11-13-43-15-14-42-12-10-31/h6-9H,10-22,31-32H2,1-5H3,(H2,33,37)(H2,34,38)(H,35,40)(H,36,41). The lowest BCUT2D eigenvalue weighted by molar-refractivity contribution is -0.126. The Morgan fingerprint density at radius 2 is 1.41 bits per heavy atom. The van der Waals surface area contributed by atoms with E-state index in [1.165, 1.54) is 0 Å². The van der Waals surface area contributed by atoms with Crippen LogP contribution in [0.25, 0.3) is 0 Å². The van der Waals surface area contributed by atoms with Crippen molar-refractivity contribution < 1.29 is 23.8 Å². The maximum atomic E-state index is 13.0. The van der Waals surface area contributed by atoms with E-state index in [0.717, 1.165) is 5.56 Å². The molecule has 1 aromatic rings. The van der Waals surface area contributed by atoms with Crippen LogP contribution >= 0.6 is 0 Å². The first-order valence-electron chi connectivity index (χ1n) is 14.9. The second kappa shape index (κ2) is 20.7. The molecule has 0 aliphatic carbocycles. The molecule has 1 rings (SSSR count). The molecule has 0 aliphatic heterocycles. The van der Waals surface area contributed by atoms with Crippen molar-refractivity contribution in [1.29, 1.82) is 0 Å². The highest BCUT2D eigenvalue weighted by molar-refractivity contribution is 5.97. The van der Waals surface area contributed by atoms with E-state index in [0.29, 0.717) is 83.8 Å². The van der Waals surface area contributed by atoms with Gasteiger partial charge >= 0.3 is 0 Å². The van der Waals surface area contributed by atoms with Crippen LogP contribution in [0.4, 0.5) is 0 Å². The molecule has 0 bridgehead atoms. The minimum Gasteiger partial charge on any atom is -0.386 e. The van der Waals surface area contributed by atoms with Crippen LogP contribution in [0.15, 0.2) is 34.5 Å². The summed E-state index contributed by atoms with van der Waals surface area (Å²) >= 11 is 0. The van der Waals surface area contributed by atoms with Gasteiger partial charge in [-0.1, -0.05) is 52.0 Å². The lowest BCUT2D eigenvalue weighted by atomic mass is 9.92. The maximum Gasteiger partial charge on any atom is 0.234 e. The Kier molecular flexibility index (Phi) is 18.3. The highest BCUT2D eigenvalue weighted by Gasteiger charge is 2.26. The molecule has 14 heteroatoms. The van der Waals surface area contributed by atoms with Crippen molar-refractivity contribution in [3.63, 3.8) is 0 Å². The number of amidine groups is 2. The fourth-order valence-corrected chi connectivity index (χ4v) is 3.85. The zero-order chi connectivity index (χ0) is 33.0. The summed E-state index contributed by atoms with van der Waals surface area (Å²) in [6, 6.07) is 7.28. The molecule has 0 heterocycles. The van der Waals surface area contributed by atoms with Crippen molar-refractivity contribution in [1.82, 2.24) is 15.5 Å². The van der Waals surface area contributed by atoms with E-state index in [1.54, 1.807) is 19.1 Å². The van der Waals surface area contributed by atoms with Gasteiger partial charge in [-0.25, -0.2) is 0 Å². The lowest BCUT2D eigenvalue weighted by Gasteiger charge is -2.33. The van der Waals surface area contributed by atoms with Gasteiger partial charge in [-0.15, -0.1) is 10.2 Å². The van der Waals surface area contributed by atoms with E-state index in [2.05, 4.69) is 20.8 Å². The average Bonchev–Trinajstić information content (AvgIpc) is 2.96. The number of hydrogen-bond acceptors (Lipinski definition) is 10. The van der Waals surface area contributed by atoms with Gasteiger partial charge in [0.25, 0.3) is 0 Å². The van der Waals surface area contributed by atoms with E-state index in [1.807, 2.05) is 44.7 Å². The van der Waals surface area contributed by atoms with Gasteiger partial charge in [0.15, 0.2) is 5.84 Å². The first-order chi connectivity index (χ1) is 20.8. The van der Waals surface area contributed by atoms with Gasteiger partial charge in [-0.3, -0.25) is 14.5 Å². The summed E-state index contributed by atoms with van der Waals surface area (Å²) in [7, 11) is 0. The Morgan fingerprint density at radius 1 is 0.818 bits per heavy atom. The molecule has 14 nitrogen and oxygen atoms in total. The van der Waals surface area contributed by atoms with Gasteiger partial charge in [0, 0.05) is 42.6 Å². The molecule has 0 fully saturated rings. The quantitative estimate of drug-likeness (QED) is 0.0407. The average molecular weight is 622 g/mol. The fourth-order valence-electron chi connectivity index (χ4n) is 3.85. The predicted molar refractivity (Wildman–Crippen MR) is 174 cm³/mol. The van der Waals surface area contributed by atoms with Crippen LogP contribution in [0.1, 0.15) is 45.7 Å². The van der Waals surface area contributed by atoms with Crippen molar-refractivity contribution in [2.24, 2.45) is 44.0 Å². The minimum atomic E-state index is -0.332. The molecule has 0 unspecified atom stereocenters. The molecule has 1 aromatic carbocycles. The van der Waals surface area contributed by atoms with Crippen LogP contribution in [0.3, 0.4) is 0 Å². The molecule has 0 saturated carbocycles. The molecule has 0 radical (unpaired) electrons. The summed E-state index contributed by atoms with van der Waals surface area (Å²) < 4.78 is 16.7. The van der Waals surface area contributed by atoms with Crippen LogP contribution in [0.5, 0.6) is 0 Å². The van der Waals surface area contributed by atoms with E-state index >= 15 is 0 Å². The summed E-state index contributed by atoms with van der Waals surface area (Å²) in [5.74, 6) is 0.128. The summed E-state index contributed by atoms with van der Waals surface area (Å²) in [5.41, 5.74) is 23.7. The Balaban J connectivity index is 2.73. The Morgan fingerprint density at radius 3 is 2.00 bits per heavy atom. The Bertz CT molecular complexity index is 1040. The second-order valence-corrected chi connectivity index (χ2v) is 12.2. The van der Waals surface area contributed by atoms with Crippen molar-refractivity contribution in [3.05, 3.63) is 35.4 Å². The van der Waals surface area contributed by atoms with E-state index in [-0.39, 0.29) is 41.6 Å². The van der Waals surface area contributed by atoms with E-state index in [9.17, 15) is 9.59 Å². The van der Waals surface area contributed by atoms with Gasteiger partial charge in [0.2, 0.25) is 11.8 Å². The second-order valence-electron chi connectivity index (χ2n) is 12.2. The summed E-state index contributed by atoms with van der Waals surface area (Å²) in [6.45, 7) is 14.6. The monoisotopic (exact) mass is 621 g/mol. The lowest BCUT2D eigenvalue weighted by Crippen LogP contribution is -2.47. The summed E-state index contributed by atoms with van der Waals surface area (Å²) in [4.78, 5) is 27.6. The fraction of sp³-hybridized carbons (Fsp3) is 0.667. The van der Waals surface area contributed by atoms with Gasteiger partial charge in [0.1, 0.15) is 5.84 Å². The number of benzene rings is 1. The number of ether oxygens (including phenoxy) is 3. The largest absolute Gasteiger partial charge is 0.386 e. The number of amides is 2. The Hall–Kier alpha value is -3.14. The number of nitrogens with one attached hydrogen (secondary N) is 2. The van der Waals surface area contributed by atoms with Crippen molar-refractivity contribution in [2.75, 3.05) is 78.9 Å². The molecule has 10 N–H and O–H groups in total. The van der Waals surface area contributed by atoms with Crippen LogP contribution < -0.4 is 33.6 Å². The smallest absolute Gasteiger partial charge is 0.234 e. The normalized spacial score (nSPS) is 12.9. The minimum absolute atomic E-state index is 0.0360. The number of hydrogen-bond donors (Lipinski definition) is 6. The van der Waals surface area contributed by atoms with Crippen LogP contribution in [-0.4, -0.2) is 107 Å². The van der Waals surface area contributed by atoms with E-state index in [4.69, 9.17) is 37.1 Å². The van der Waals surface area contributed by atoms with Crippen molar-refractivity contribution in [2.45, 2.75) is 41.2 Å². The molecule has 0 saturated heterocycles. The van der Waals surface area contributed by atoms with Crippen molar-refractivity contribution in [3.8, 4) is 0 Å². The highest BCUT2D eigenvalue weighted by Crippen LogP contribution is 2.20. The maximum absolute atomic E-state index is 13.0. The van der Waals surface area contributed by atoms with Crippen molar-refractivity contribution >= 4 is 23.5 Å². The van der Waals surface area contributed by atoms with Gasteiger partial charge in [-0.05, 0) is 19.0 Å². The number of nitrogens with zero attached hydrogens (tertiary/aromatic N) is 3. The summed E-state index contributed by atoms with van der Waals surface area (Å²) in [6.07, 6.45) is 0. The van der Waals surface area contributed by atoms with Crippen LogP contribution in [0.2, 0.25) is 0 Å². The SMILES string of the molecule is C/C(N)=N/N=C(\N)c1ccc(CNC(=O)CN(CC(=O)NCCOCCOCCN)CC(C)(C)COCC(C)(C)CN)cc1.